The van der Waals surface area contributed by atoms with Crippen LogP contribution in [-0.4, -0.2) is 13.0 Å². The molecule has 8 fully saturated rings. The Morgan fingerprint density at radius 1 is 0.727 bits per heavy atom. The molecule has 2 unspecified atom stereocenters. The van der Waals surface area contributed by atoms with Crippen LogP contribution in [0.4, 0.5) is 0 Å². The molecule has 8 bridgehead atoms. The molecule has 9 aliphatic rings. The van der Waals surface area contributed by atoms with Gasteiger partial charge >= 0.3 is 0 Å². The molecule has 0 amide bonds. The Labute approximate surface area is 200 Å². The van der Waals surface area contributed by atoms with Gasteiger partial charge in [-0.05, 0) is 160 Å². The van der Waals surface area contributed by atoms with Gasteiger partial charge in [-0.2, -0.15) is 8.42 Å². The molecule has 0 saturated heterocycles. The zero-order valence-electron chi connectivity index (χ0n) is 20.8. The van der Waals surface area contributed by atoms with Crippen molar-refractivity contribution in [3.8, 4) is 0 Å². The van der Waals surface area contributed by atoms with E-state index in [0.717, 1.165) is 46.7 Å². The largest absolute Gasteiger partial charge is 0.294 e. The van der Waals surface area contributed by atoms with Crippen molar-refractivity contribution in [3.63, 3.8) is 0 Å². The van der Waals surface area contributed by atoms with Gasteiger partial charge < -0.3 is 0 Å². The first kappa shape index (κ1) is 21.7. The van der Waals surface area contributed by atoms with Crippen LogP contribution >= 0.6 is 0 Å². The molecule has 182 valence electrons. The topological polar surface area (TPSA) is 54.4 Å². The van der Waals surface area contributed by atoms with Crippen molar-refractivity contribution in [1.29, 1.82) is 0 Å². The average molecular weight is 471 g/mol. The van der Waals surface area contributed by atoms with Crippen LogP contribution in [0.25, 0.3) is 0 Å². The smallest absolute Gasteiger partial charge is 0.282 e. The molecule has 9 rings (SSSR count). The molecule has 0 spiro atoms. The maximum atomic E-state index is 12.9. The normalized spacial score (nSPS) is 52.8. The summed E-state index contributed by atoms with van der Waals surface area (Å²) >= 11 is 0. The van der Waals surface area contributed by atoms with Crippen molar-refractivity contribution in [2.24, 2.45) is 58.2 Å². The molecule has 33 heavy (non-hydrogen) atoms. The van der Waals surface area contributed by atoms with Crippen LogP contribution in [0.1, 0.15) is 97.8 Å². The molecule has 0 aromatic heterocycles. The summed E-state index contributed by atoms with van der Waals surface area (Å²) in [7, 11) is -4.23. The zero-order chi connectivity index (χ0) is 22.9. The summed E-state index contributed by atoms with van der Waals surface area (Å²) in [5, 5.41) is 0. The molecule has 1 N–H and O–H groups in total. The molecule has 3 nitrogen and oxygen atoms in total. The average Bonchev–Trinajstić information content (AvgIpc) is 2.63. The highest BCUT2D eigenvalue weighted by atomic mass is 32.2. The lowest BCUT2D eigenvalue weighted by Gasteiger charge is -2.64. The summed E-state index contributed by atoms with van der Waals surface area (Å²) in [4.78, 5) is 0.326. The molecule has 8 saturated carbocycles. The Kier molecular flexibility index (Phi) is 4.45. The van der Waals surface area contributed by atoms with Crippen LogP contribution in [0, 0.1) is 58.2 Å². The Bertz CT molecular complexity index is 990. The van der Waals surface area contributed by atoms with E-state index in [1.54, 1.807) is 0 Å². The summed E-state index contributed by atoms with van der Waals surface area (Å²) in [6.45, 7) is 6.58. The lowest BCUT2D eigenvalue weighted by molar-refractivity contribution is -0.0934. The second-order valence-electron chi connectivity index (χ2n) is 14.3. The van der Waals surface area contributed by atoms with E-state index in [-0.39, 0.29) is 16.7 Å². The molecule has 0 heterocycles. The van der Waals surface area contributed by atoms with Gasteiger partial charge in [0, 0.05) is 0 Å². The number of allylic oxidation sites excluding steroid dienone is 3. The summed E-state index contributed by atoms with van der Waals surface area (Å²) in [6, 6.07) is 0. The molecule has 2 atom stereocenters. The summed E-state index contributed by atoms with van der Waals surface area (Å²) < 4.78 is 36.4. The SMILES string of the molecule is CC1=C(C23CC4CC(CC(C4)C2)C3)C(C)C(C23CC4CC(CC(C4)C2)C3)C(C)=C1S(=O)(=O)O. The third-order valence-electron chi connectivity index (χ3n) is 12.1. The van der Waals surface area contributed by atoms with E-state index in [1.807, 2.05) is 6.92 Å². The minimum absolute atomic E-state index is 0.190. The minimum atomic E-state index is -4.23. The lowest BCUT2D eigenvalue weighted by atomic mass is 9.41. The van der Waals surface area contributed by atoms with Gasteiger partial charge in [0.2, 0.25) is 0 Å². The van der Waals surface area contributed by atoms with Crippen LogP contribution in [0.3, 0.4) is 0 Å². The van der Waals surface area contributed by atoms with E-state index in [9.17, 15) is 13.0 Å². The van der Waals surface area contributed by atoms with Crippen molar-refractivity contribution in [2.75, 3.05) is 0 Å². The molecule has 4 heteroatoms. The summed E-state index contributed by atoms with van der Waals surface area (Å²) in [5.74, 6) is 5.74. The first-order chi connectivity index (χ1) is 15.6. The predicted molar refractivity (Wildman–Crippen MR) is 131 cm³/mol. The van der Waals surface area contributed by atoms with E-state index in [1.165, 1.54) is 82.6 Å². The third-order valence-corrected chi connectivity index (χ3v) is 13.3. The highest BCUT2D eigenvalue weighted by Crippen LogP contribution is 2.70. The van der Waals surface area contributed by atoms with Gasteiger partial charge in [0.25, 0.3) is 10.1 Å². The molecule has 0 aliphatic heterocycles. The highest BCUT2D eigenvalue weighted by molar-refractivity contribution is 7.90. The van der Waals surface area contributed by atoms with E-state index in [4.69, 9.17) is 0 Å². The third kappa shape index (κ3) is 2.98. The van der Waals surface area contributed by atoms with Gasteiger partial charge in [0.1, 0.15) is 0 Å². The molecule has 0 aromatic carbocycles. The van der Waals surface area contributed by atoms with Crippen molar-refractivity contribution in [2.45, 2.75) is 97.8 Å². The standard InChI is InChI=1S/C29H42O3S/c1-16-25(28-10-19-4-20(11-28)6-21(5-19)12-28)17(2)27(33(30,31)32)18(3)26(16)29-13-22-7-23(14-29)9-24(8-22)15-29/h16,19-25H,4-15H2,1-3H3,(H,30,31,32). The van der Waals surface area contributed by atoms with Gasteiger partial charge in [0.15, 0.2) is 0 Å². The van der Waals surface area contributed by atoms with Crippen LogP contribution in [0.15, 0.2) is 21.6 Å². The van der Waals surface area contributed by atoms with Gasteiger partial charge in [-0.15, -0.1) is 0 Å². The van der Waals surface area contributed by atoms with Crippen LogP contribution in [-0.2, 0) is 10.1 Å². The van der Waals surface area contributed by atoms with Crippen LogP contribution < -0.4 is 0 Å². The summed E-state index contributed by atoms with van der Waals surface area (Å²) in [6.07, 6.45) is 16.1. The zero-order valence-corrected chi connectivity index (χ0v) is 21.6. The first-order valence-electron chi connectivity index (χ1n) is 14.0. The molecule has 0 aromatic rings. The Hall–Kier alpha value is -0.610. The fraction of sp³-hybridized carbons (Fsp3) is 0.862. The van der Waals surface area contributed by atoms with E-state index < -0.39 is 10.1 Å². The number of hydrogen-bond donors (Lipinski definition) is 1. The van der Waals surface area contributed by atoms with Gasteiger partial charge in [-0.1, -0.05) is 12.5 Å². The second-order valence-corrected chi connectivity index (χ2v) is 15.6. The monoisotopic (exact) mass is 470 g/mol. The fourth-order valence-electron chi connectivity index (χ4n) is 12.7. The van der Waals surface area contributed by atoms with Gasteiger partial charge in [-0.25, -0.2) is 0 Å². The van der Waals surface area contributed by atoms with Crippen molar-refractivity contribution in [3.05, 3.63) is 21.6 Å². The second kappa shape index (κ2) is 6.78. The van der Waals surface area contributed by atoms with Crippen molar-refractivity contribution >= 4 is 10.1 Å². The Balaban J connectivity index is 1.39. The van der Waals surface area contributed by atoms with Gasteiger partial charge in [0.05, 0.1) is 4.91 Å². The van der Waals surface area contributed by atoms with Crippen molar-refractivity contribution in [1.82, 2.24) is 0 Å². The molecule has 9 aliphatic carbocycles. The highest BCUT2D eigenvalue weighted by Gasteiger charge is 2.60. The van der Waals surface area contributed by atoms with E-state index >= 15 is 0 Å². The summed E-state index contributed by atoms with van der Waals surface area (Å²) in [5.41, 5.74) is 3.85. The van der Waals surface area contributed by atoms with E-state index in [0.29, 0.717) is 10.8 Å². The van der Waals surface area contributed by atoms with Crippen LogP contribution in [0.5, 0.6) is 0 Å². The Morgan fingerprint density at radius 3 is 1.52 bits per heavy atom. The Morgan fingerprint density at radius 2 is 1.12 bits per heavy atom. The fourth-order valence-corrected chi connectivity index (χ4v) is 13.7. The lowest BCUT2D eigenvalue weighted by Crippen LogP contribution is -2.54. The molecular weight excluding hydrogens is 428 g/mol. The molecular formula is C29H42O3S. The number of rotatable bonds is 3. The maximum absolute atomic E-state index is 12.9. The van der Waals surface area contributed by atoms with Gasteiger partial charge in [-0.3, -0.25) is 4.55 Å². The van der Waals surface area contributed by atoms with E-state index in [2.05, 4.69) is 13.8 Å². The number of hydrogen-bond acceptors (Lipinski definition) is 2. The van der Waals surface area contributed by atoms with Crippen molar-refractivity contribution < 1.29 is 13.0 Å². The predicted octanol–water partition coefficient (Wildman–Crippen LogP) is 7.16. The quantitative estimate of drug-likeness (QED) is 0.445. The van der Waals surface area contributed by atoms with Crippen LogP contribution in [0.2, 0.25) is 0 Å². The minimum Gasteiger partial charge on any atom is -0.282 e. The molecule has 0 radical (unpaired) electrons. The first-order valence-corrected chi connectivity index (χ1v) is 15.4. The maximum Gasteiger partial charge on any atom is 0.294 e.